The molecule has 0 aliphatic carbocycles. The largest absolute Gasteiger partial charge is 0.480 e. The van der Waals surface area contributed by atoms with Crippen molar-refractivity contribution in [3.8, 4) is 0 Å². The third kappa shape index (κ3) is 2.91. The summed E-state index contributed by atoms with van der Waals surface area (Å²) in [6, 6.07) is 0.939. The zero-order valence-electron chi connectivity index (χ0n) is 8.23. The third-order valence-corrected chi connectivity index (χ3v) is 3.86. The van der Waals surface area contributed by atoms with E-state index in [1.54, 1.807) is 11.4 Å². The van der Waals surface area contributed by atoms with Crippen molar-refractivity contribution >= 4 is 45.8 Å². The summed E-state index contributed by atoms with van der Waals surface area (Å²) in [4.78, 5) is 23.7. The lowest BCUT2D eigenvalue weighted by molar-refractivity contribution is -0.141. The van der Waals surface area contributed by atoms with E-state index >= 15 is 0 Å². The second-order valence-electron chi connectivity index (χ2n) is 3.07. The van der Waals surface area contributed by atoms with Gasteiger partial charge in [-0.1, -0.05) is 0 Å². The highest BCUT2D eigenvalue weighted by Crippen LogP contribution is 2.18. The number of aliphatic carboxylic acids is 1. The van der Waals surface area contributed by atoms with Crippen LogP contribution in [0.3, 0.4) is 0 Å². The van der Waals surface area contributed by atoms with E-state index in [0.29, 0.717) is 5.56 Å². The first-order valence-electron chi connectivity index (χ1n) is 4.17. The molecule has 1 heterocycles. The number of carboxylic acid groups (broad SMARTS) is 1. The minimum Gasteiger partial charge on any atom is -0.480 e. The summed E-state index contributed by atoms with van der Waals surface area (Å²) < 4.78 is 1.01. The van der Waals surface area contributed by atoms with Gasteiger partial charge in [-0.25, -0.2) is 4.79 Å². The van der Waals surface area contributed by atoms with Crippen LogP contribution in [0.5, 0.6) is 0 Å². The van der Waals surface area contributed by atoms with Crippen molar-refractivity contribution in [2.24, 2.45) is 0 Å². The number of carbonyl (C=O) groups is 2. The maximum Gasteiger partial charge on any atom is 0.326 e. The number of amides is 1. The molecule has 0 saturated carbocycles. The van der Waals surface area contributed by atoms with Crippen molar-refractivity contribution < 1.29 is 14.7 Å². The van der Waals surface area contributed by atoms with Crippen molar-refractivity contribution in [1.29, 1.82) is 0 Å². The maximum absolute atomic E-state index is 11.8. The summed E-state index contributed by atoms with van der Waals surface area (Å²) >= 11 is 3.58. The van der Waals surface area contributed by atoms with Crippen molar-refractivity contribution in [3.05, 3.63) is 19.9 Å². The molecule has 1 N–H and O–H groups in total. The van der Waals surface area contributed by atoms with Gasteiger partial charge in [0.05, 0.1) is 8.45 Å². The zero-order chi connectivity index (χ0) is 11.6. The van der Waals surface area contributed by atoms with Gasteiger partial charge in [0.1, 0.15) is 6.04 Å². The first-order chi connectivity index (χ1) is 6.93. The van der Waals surface area contributed by atoms with Crippen molar-refractivity contribution in [1.82, 2.24) is 4.90 Å². The summed E-state index contributed by atoms with van der Waals surface area (Å²) in [5.74, 6) is -1.26. The molecule has 0 bridgehead atoms. The Morgan fingerprint density at radius 3 is 2.60 bits per heavy atom. The molecule has 15 heavy (non-hydrogen) atoms. The van der Waals surface area contributed by atoms with Gasteiger partial charge in [-0.2, -0.15) is 0 Å². The summed E-state index contributed by atoms with van der Waals surface area (Å²) in [5, 5.41) is 10.5. The Bertz CT molecular complexity index is 390. The van der Waals surface area contributed by atoms with Crippen LogP contribution >= 0.6 is 33.9 Å². The average Bonchev–Trinajstić information content (AvgIpc) is 2.61. The molecule has 0 spiro atoms. The van der Waals surface area contributed by atoms with E-state index in [1.165, 1.54) is 30.2 Å². The number of likely N-dealkylation sites (N-methyl/N-ethyl adjacent to an activating group) is 1. The predicted molar refractivity (Wildman–Crippen MR) is 66.2 cm³/mol. The van der Waals surface area contributed by atoms with Crippen LogP contribution in [0.25, 0.3) is 0 Å². The van der Waals surface area contributed by atoms with Gasteiger partial charge < -0.3 is 10.0 Å². The lowest BCUT2D eigenvalue weighted by Gasteiger charge is -2.20. The molecule has 0 aliphatic rings. The molecule has 0 radical (unpaired) electrons. The van der Waals surface area contributed by atoms with Gasteiger partial charge in [0.2, 0.25) is 0 Å². The molecule has 0 aliphatic heterocycles. The van der Waals surface area contributed by atoms with Crippen LogP contribution in [0.1, 0.15) is 17.3 Å². The Kier molecular flexibility index (Phi) is 4.09. The molecule has 1 aromatic rings. The van der Waals surface area contributed by atoms with E-state index in [9.17, 15) is 9.59 Å². The normalized spacial score (nSPS) is 12.2. The highest BCUT2D eigenvalue weighted by atomic mass is 127. The molecule has 1 rings (SSSR count). The number of rotatable bonds is 3. The van der Waals surface area contributed by atoms with Crippen molar-refractivity contribution in [2.45, 2.75) is 13.0 Å². The molecule has 4 nitrogen and oxygen atoms in total. The van der Waals surface area contributed by atoms with Crippen LogP contribution in [0, 0.1) is 2.88 Å². The molecule has 0 aromatic carbocycles. The van der Waals surface area contributed by atoms with E-state index in [2.05, 4.69) is 22.6 Å². The zero-order valence-corrected chi connectivity index (χ0v) is 11.2. The fourth-order valence-electron chi connectivity index (χ4n) is 0.967. The van der Waals surface area contributed by atoms with E-state index in [1.807, 2.05) is 0 Å². The summed E-state index contributed by atoms with van der Waals surface area (Å²) in [6.07, 6.45) is 0. The number of hydrogen-bond acceptors (Lipinski definition) is 3. The molecule has 1 unspecified atom stereocenters. The van der Waals surface area contributed by atoms with E-state index in [4.69, 9.17) is 5.11 Å². The lowest BCUT2D eigenvalue weighted by Crippen LogP contribution is -2.40. The average molecular weight is 339 g/mol. The molecule has 6 heteroatoms. The van der Waals surface area contributed by atoms with Crippen LogP contribution in [0.4, 0.5) is 0 Å². The Morgan fingerprint density at radius 2 is 2.20 bits per heavy atom. The van der Waals surface area contributed by atoms with Crippen LogP contribution in [0.15, 0.2) is 11.4 Å². The smallest absolute Gasteiger partial charge is 0.326 e. The van der Waals surface area contributed by atoms with Gasteiger partial charge in [0.15, 0.2) is 0 Å². The Morgan fingerprint density at radius 1 is 1.60 bits per heavy atom. The first kappa shape index (κ1) is 12.4. The van der Waals surface area contributed by atoms with Gasteiger partial charge in [0, 0.05) is 12.4 Å². The lowest BCUT2D eigenvalue weighted by atomic mass is 10.2. The number of halogens is 1. The molecule has 1 atom stereocenters. The number of carbonyl (C=O) groups excluding carboxylic acids is 1. The van der Waals surface area contributed by atoms with Gasteiger partial charge in [-0.15, -0.1) is 11.3 Å². The van der Waals surface area contributed by atoms with Gasteiger partial charge in [-0.3, -0.25) is 4.79 Å². The van der Waals surface area contributed by atoms with Crippen LogP contribution in [-0.4, -0.2) is 35.0 Å². The fraction of sp³-hybridized carbons (Fsp3) is 0.333. The second-order valence-corrected chi connectivity index (χ2v) is 5.88. The van der Waals surface area contributed by atoms with E-state index < -0.39 is 12.0 Å². The van der Waals surface area contributed by atoms with E-state index in [0.717, 1.165) is 2.88 Å². The molecule has 1 amide bonds. The highest BCUT2D eigenvalue weighted by Gasteiger charge is 2.23. The van der Waals surface area contributed by atoms with Gasteiger partial charge in [0.25, 0.3) is 5.91 Å². The quantitative estimate of drug-likeness (QED) is 0.856. The standard InChI is InChI=1S/C9H10INO3S/c1-5(9(13)14)11(2)8(12)6-3-7(10)15-4-6/h3-5H,1-2H3,(H,13,14). The number of carboxylic acids is 1. The van der Waals surface area contributed by atoms with Crippen molar-refractivity contribution in [3.63, 3.8) is 0 Å². The fourth-order valence-corrected chi connectivity index (χ4v) is 2.29. The SMILES string of the molecule is CC(C(=O)O)N(C)C(=O)c1csc(I)c1. The second kappa shape index (κ2) is 4.93. The molecule has 0 fully saturated rings. The first-order valence-corrected chi connectivity index (χ1v) is 6.13. The minimum absolute atomic E-state index is 0.260. The predicted octanol–water partition coefficient (Wildman–Crippen LogP) is 1.90. The number of nitrogens with zero attached hydrogens (tertiary/aromatic N) is 1. The van der Waals surface area contributed by atoms with Crippen LogP contribution in [-0.2, 0) is 4.79 Å². The third-order valence-electron chi connectivity index (χ3n) is 2.07. The minimum atomic E-state index is -1.00. The summed E-state index contributed by atoms with van der Waals surface area (Å²) in [5.41, 5.74) is 0.542. The highest BCUT2D eigenvalue weighted by molar-refractivity contribution is 14.1. The van der Waals surface area contributed by atoms with Gasteiger partial charge in [-0.05, 0) is 35.6 Å². The van der Waals surface area contributed by atoms with Crippen molar-refractivity contribution in [2.75, 3.05) is 7.05 Å². The van der Waals surface area contributed by atoms with Gasteiger partial charge >= 0.3 is 5.97 Å². The molecular weight excluding hydrogens is 329 g/mol. The molecule has 82 valence electrons. The van der Waals surface area contributed by atoms with Crippen LogP contribution in [0.2, 0.25) is 0 Å². The molecular formula is C9H10INO3S. The molecule has 1 aromatic heterocycles. The number of thiophene rings is 1. The summed E-state index contributed by atoms with van der Waals surface area (Å²) in [6.45, 7) is 1.48. The summed E-state index contributed by atoms with van der Waals surface area (Å²) in [7, 11) is 1.49. The monoisotopic (exact) mass is 339 g/mol. The van der Waals surface area contributed by atoms with E-state index in [-0.39, 0.29) is 5.91 Å². The molecule has 0 saturated heterocycles. The Hall–Kier alpha value is -0.630. The number of hydrogen-bond donors (Lipinski definition) is 1. The topological polar surface area (TPSA) is 57.6 Å². The maximum atomic E-state index is 11.8. The Labute approximate surface area is 105 Å². The Balaban J connectivity index is 2.81. The van der Waals surface area contributed by atoms with Crippen LogP contribution < -0.4 is 0 Å².